The van der Waals surface area contributed by atoms with Crippen molar-refractivity contribution in [1.29, 1.82) is 0 Å². The predicted molar refractivity (Wildman–Crippen MR) is 72.2 cm³/mol. The molecule has 90 valence electrons. The molecule has 0 saturated heterocycles. The van der Waals surface area contributed by atoms with Crippen molar-refractivity contribution < 1.29 is 4.39 Å². The Morgan fingerprint density at radius 1 is 1.06 bits per heavy atom. The van der Waals surface area contributed by atoms with Crippen LogP contribution < -0.4 is 0 Å². The third kappa shape index (κ3) is 1.90. The summed E-state index contributed by atoms with van der Waals surface area (Å²) in [5, 5.41) is 1.19. The molecule has 0 aliphatic heterocycles. The molecule has 1 nitrogen and oxygen atoms in total. The normalized spacial score (nSPS) is 11.0. The van der Waals surface area contributed by atoms with Gasteiger partial charge in [-0.2, -0.15) is 0 Å². The molecule has 0 fully saturated rings. The van der Waals surface area contributed by atoms with E-state index < -0.39 is 0 Å². The summed E-state index contributed by atoms with van der Waals surface area (Å²) in [6.07, 6.45) is 2.01. The van der Waals surface area contributed by atoms with Crippen molar-refractivity contribution in [2.45, 2.75) is 13.5 Å². The zero-order valence-electron chi connectivity index (χ0n) is 10.2. The van der Waals surface area contributed by atoms with E-state index in [-0.39, 0.29) is 5.82 Å². The molecule has 2 heteroatoms. The van der Waals surface area contributed by atoms with Crippen LogP contribution in [0, 0.1) is 12.7 Å². The first-order chi connectivity index (χ1) is 8.74. The van der Waals surface area contributed by atoms with Crippen molar-refractivity contribution >= 4 is 10.9 Å². The average molecular weight is 239 g/mol. The second kappa shape index (κ2) is 4.30. The van der Waals surface area contributed by atoms with Crippen LogP contribution in [0.25, 0.3) is 10.9 Å². The molecule has 3 aromatic rings. The van der Waals surface area contributed by atoms with Crippen LogP contribution in [-0.4, -0.2) is 4.57 Å². The average Bonchev–Trinajstić information content (AvgIpc) is 2.75. The summed E-state index contributed by atoms with van der Waals surface area (Å²) in [6.45, 7) is 2.64. The van der Waals surface area contributed by atoms with Crippen LogP contribution >= 0.6 is 0 Å². The highest BCUT2D eigenvalue weighted by atomic mass is 19.1. The van der Waals surface area contributed by atoms with Crippen molar-refractivity contribution in [3.8, 4) is 0 Å². The van der Waals surface area contributed by atoms with Crippen molar-refractivity contribution in [1.82, 2.24) is 4.57 Å². The molecule has 0 N–H and O–H groups in total. The summed E-state index contributed by atoms with van der Waals surface area (Å²) in [7, 11) is 0. The maximum atomic E-state index is 13.6. The highest BCUT2D eigenvalue weighted by molar-refractivity contribution is 5.80. The summed E-state index contributed by atoms with van der Waals surface area (Å²) in [5.41, 5.74) is 3.09. The highest BCUT2D eigenvalue weighted by Gasteiger charge is 2.05. The van der Waals surface area contributed by atoms with Crippen LogP contribution in [0.3, 0.4) is 0 Å². The summed E-state index contributed by atoms with van der Waals surface area (Å²) in [6, 6.07) is 15.3. The lowest BCUT2D eigenvalue weighted by Gasteiger charge is -2.07. The van der Waals surface area contributed by atoms with Gasteiger partial charge in [0.2, 0.25) is 0 Å². The van der Waals surface area contributed by atoms with E-state index >= 15 is 0 Å². The number of hydrogen-bond acceptors (Lipinski definition) is 0. The van der Waals surface area contributed by atoms with E-state index in [1.54, 1.807) is 6.07 Å². The monoisotopic (exact) mass is 239 g/mol. The van der Waals surface area contributed by atoms with Gasteiger partial charge in [-0.05, 0) is 36.1 Å². The number of nitrogens with zero attached hydrogens (tertiary/aromatic N) is 1. The molecule has 0 unspecified atom stereocenters. The van der Waals surface area contributed by atoms with Crippen molar-refractivity contribution in [2.75, 3.05) is 0 Å². The zero-order valence-corrected chi connectivity index (χ0v) is 10.2. The van der Waals surface area contributed by atoms with Crippen molar-refractivity contribution in [3.63, 3.8) is 0 Å². The van der Waals surface area contributed by atoms with Crippen molar-refractivity contribution in [3.05, 3.63) is 71.7 Å². The van der Waals surface area contributed by atoms with Gasteiger partial charge in [0.1, 0.15) is 5.82 Å². The van der Waals surface area contributed by atoms with Crippen LogP contribution in [0.4, 0.5) is 4.39 Å². The maximum Gasteiger partial charge on any atom is 0.128 e. The lowest BCUT2D eigenvalue weighted by atomic mass is 10.2. The summed E-state index contributed by atoms with van der Waals surface area (Å²) in [4.78, 5) is 0. The van der Waals surface area contributed by atoms with Gasteiger partial charge in [0.15, 0.2) is 0 Å². The third-order valence-electron chi connectivity index (χ3n) is 3.23. The van der Waals surface area contributed by atoms with Crippen LogP contribution in [0.5, 0.6) is 0 Å². The summed E-state index contributed by atoms with van der Waals surface area (Å²) < 4.78 is 15.7. The van der Waals surface area contributed by atoms with Crippen LogP contribution in [-0.2, 0) is 6.54 Å². The van der Waals surface area contributed by atoms with Gasteiger partial charge in [0.25, 0.3) is 0 Å². The Bertz CT molecular complexity index is 697. The van der Waals surface area contributed by atoms with Gasteiger partial charge in [-0.25, -0.2) is 4.39 Å². The molecule has 0 amide bonds. The number of halogens is 1. The lowest BCUT2D eigenvalue weighted by Crippen LogP contribution is -2.00. The molecule has 0 saturated carbocycles. The molecule has 18 heavy (non-hydrogen) atoms. The van der Waals surface area contributed by atoms with Crippen LogP contribution in [0.15, 0.2) is 54.7 Å². The Balaban J connectivity index is 2.05. The number of aromatic nitrogens is 1. The number of benzene rings is 2. The Hall–Kier alpha value is -2.09. The number of fused-ring (bicyclic) bond motifs is 1. The van der Waals surface area contributed by atoms with E-state index in [9.17, 15) is 4.39 Å². The fraction of sp³-hybridized carbons (Fsp3) is 0.125. The molecule has 0 bridgehead atoms. The minimum Gasteiger partial charge on any atom is -0.343 e. The third-order valence-corrected chi connectivity index (χ3v) is 3.23. The zero-order chi connectivity index (χ0) is 12.5. The molecule has 0 atom stereocenters. The van der Waals surface area contributed by atoms with Gasteiger partial charge >= 0.3 is 0 Å². The Kier molecular flexibility index (Phi) is 2.63. The lowest BCUT2D eigenvalue weighted by molar-refractivity contribution is 0.602. The Morgan fingerprint density at radius 2 is 1.89 bits per heavy atom. The smallest absolute Gasteiger partial charge is 0.128 e. The SMILES string of the molecule is Cc1ccc2ccn(Cc3ccccc3F)c2c1. The number of rotatable bonds is 2. The van der Waals surface area contributed by atoms with Gasteiger partial charge in [-0.15, -0.1) is 0 Å². The van der Waals surface area contributed by atoms with E-state index in [0.717, 1.165) is 11.1 Å². The fourth-order valence-electron chi connectivity index (χ4n) is 2.24. The maximum absolute atomic E-state index is 13.6. The summed E-state index contributed by atoms with van der Waals surface area (Å²) >= 11 is 0. The predicted octanol–water partition coefficient (Wildman–Crippen LogP) is 4.14. The molecular formula is C16H14FN. The van der Waals surface area contributed by atoms with Gasteiger partial charge in [-0.1, -0.05) is 30.3 Å². The molecule has 1 heterocycles. The van der Waals surface area contributed by atoms with Gasteiger partial charge in [0.05, 0.1) is 6.54 Å². The van der Waals surface area contributed by atoms with Crippen LogP contribution in [0.2, 0.25) is 0 Å². The molecule has 0 aliphatic carbocycles. The highest BCUT2D eigenvalue weighted by Crippen LogP contribution is 2.19. The first kappa shape index (κ1) is 11.0. The van der Waals surface area contributed by atoms with Gasteiger partial charge in [-0.3, -0.25) is 0 Å². The van der Waals surface area contributed by atoms with E-state index in [4.69, 9.17) is 0 Å². The van der Waals surface area contributed by atoms with E-state index in [0.29, 0.717) is 6.54 Å². The molecule has 0 radical (unpaired) electrons. The topological polar surface area (TPSA) is 4.93 Å². The quantitative estimate of drug-likeness (QED) is 0.633. The molecule has 1 aromatic heterocycles. The number of hydrogen-bond donors (Lipinski definition) is 0. The largest absolute Gasteiger partial charge is 0.343 e. The van der Waals surface area contributed by atoms with Crippen molar-refractivity contribution in [2.24, 2.45) is 0 Å². The first-order valence-corrected chi connectivity index (χ1v) is 6.03. The molecule has 2 aromatic carbocycles. The van der Waals surface area contributed by atoms with Gasteiger partial charge < -0.3 is 4.57 Å². The minimum absolute atomic E-state index is 0.146. The second-order valence-corrected chi connectivity index (χ2v) is 4.60. The standard InChI is InChI=1S/C16H14FN/c1-12-6-7-13-8-9-18(16(13)10-12)11-14-4-2-3-5-15(14)17/h2-10H,11H2,1H3. The molecule has 3 rings (SSSR count). The minimum atomic E-state index is -0.146. The second-order valence-electron chi connectivity index (χ2n) is 4.60. The summed E-state index contributed by atoms with van der Waals surface area (Å²) in [5.74, 6) is -0.146. The molecule has 0 aliphatic rings. The fourth-order valence-corrected chi connectivity index (χ4v) is 2.24. The van der Waals surface area contributed by atoms with E-state index in [1.165, 1.54) is 17.0 Å². The van der Waals surface area contributed by atoms with E-state index in [2.05, 4.69) is 35.8 Å². The first-order valence-electron chi connectivity index (χ1n) is 6.03. The van der Waals surface area contributed by atoms with Gasteiger partial charge in [0, 0.05) is 17.3 Å². The van der Waals surface area contributed by atoms with Crippen LogP contribution in [0.1, 0.15) is 11.1 Å². The number of aryl methyl sites for hydroxylation is 1. The Morgan fingerprint density at radius 3 is 2.72 bits per heavy atom. The Labute approximate surface area is 105 Å². The van der Waals surface area contributed by atoms with E-state index in [1.807, 2.05) is 18.3 Å². The molecule has 0 spiro atoms. The molecular weight excluding hydrogens is 225 g/mol.